The minimum Gasteiger partial charge on any atom is -0.333 e. The molecule has 6 nitrogen and oxygen atoms in total. The van der Waals surface area contributed by atoms with E-state index >= 15 is 0 Å². The monoisotopic (exact) mass is 360 g/mol. The molecule has 0 amide bonds. The molecule has 3 heterocycles. The van der Waals surface area contributed by atoms with E-state index < -0.39 is 0 Å². The fourth-order valence-corrected chi connectivity index (χ4v) is 3.61. The van der Waals surface area contributed by atoms with Gasteiger partial charge in [0.25, 0.3) is 0 Å². The first kappa shape index (κ1) is 17.3. The van der Waals surface area contributed by atoms with Gasteiger partial charge in [0, 0.05) is 37.2 Å². The van der Waals surface area contributed by atoms with Gasteiger partial charge in [0.1, 0.15) is 5.69 Å². The van der Waals surface area contributed by atoms with E-state index in [1.807, 2.05) is 55.5 Å². The SMILES string of the molecule is Cc1cc(C)n(C(C)Cn2cnc(-c3ccccc3)c2-c2nccn2C)n1. The molecule has 1 aromatic carbocycles. The molecule has 0 fully saturated rings. The molecule has 4 rings (SSSR count). The highest BCUT2D eigenvalue weighted by Crippen LogP contribution is 2.31. The van der Waals surface area contributed by atoms with Crippen LogP contribution in [0.1, 0.15) is 24.4 Å². The summed E-state index contributed by atoms with van der Waals surface area (Å²) in [7, 11) is 2.01. The van der Waals surface area contributed by atoms with Crippen molar-refractivity contribution >= 4 is 0 Å². The molecular formula is C21H24N6. The van der Waals surface area contributed by atoms with Gasteiger partial charge >= 0.3 is 0 Å². The normalized spacial score (nSPS) is 12.4. The molecule has 0 radical (unpaired) electrons. The third kappa shape index (κ3) is 3.18. The lowest BCUT2D eigenvalue weighted by Gasteiger charge is -2.17. The molecule has 0 aliphatic heterocycles. The Balaban J connectivity index is 1.78. The van der Waals surface area contributed by atoms with Gasteiger partial charge in [-0.15, -0.1) is 0 Å². The summed E-state index contributed by atoms with van der Waals surface area (Å²) in [5.74, 6) is 0.909. The number of aromatic nitrogens is 6. The summed E-state index contributed by atoms with van der Waals surface area (Å²) in [6.07, 6.45) is 5.70. The van der Waals surface area contributed by atoms with Gasteiger partial charge in [0.05, 0.1) is 23.8 Å². The van der Waals surface area contributed by atoms with Crippen molar-refractivity contribution in [2.24, 2.45) is 7.05 Å². The molecule has 0 bridgehead atoms. The number of nitrogens with zero attached hydrogens (tertiary/aromatic N) is 6. The van der Waals surface area contributed by atoms with Crippen molar-refractivity contribution in [2.75, 3.05) is 0 Å². The van der Waals surface area contributed by atoms with Gasteiger partial charge in [-0.05, 0) is 26.8 Å². The van der Waals surface area contributed by atoms with E-state index in [0.29, 0.717) is 0 Å². The van der Waals surface area contributed by atoms with Gasteiger partial charge < -0.3 is 9.13 Å². The molecule has 0 aliphatic rings. The van der Waals surface area contributed by atoms with Crippen LogP contribution in [0.3, 0.4) is 0 Å². The summed E-state index contributed by atoms with van der Waals surface area (Å²) in [6, 6.07) is 12.6. The number of imidazole rings is 2. The van der Waals surface area contributed by atoms with Crippen LogP contribution in [-0.2, 0) is 13.6 Å². The first-order valence-electron chi connectivity index (χ1n) is 9.15. The Morgan fingerprint density at radius 1 is 1.07 bits per heavy atom. The Morgan fingerprint density at radius 3 is 2.48 bits per heavy atom. The topological polar surface area (TPSA) is 53.5 Å². The Kier molecular flexibility index (Phi) is 4.39. The summed E-state index contributed by atoms with van der Waals surface area (Å²) in [4.78, 5) is 9.32. The maximum absolute atomic E-state index is 4.74. The molecule has 6 heteroatoms. The van der Waals surface area contributed by atoms with Crippen molar-refractivity contribution < 1.29 is 0 Å². The van der Waals surface area contributed by atoms with Crippen molar-refractivity contribution in [3.05, 3.63) is 66.5 Å². The third-order valence-corrected chi connectivity index (χ3v) is 4.84. The Bertz CT molecular complexity index is 1050. The Labute approximate surface area is 159 Å². The largest absolute Gasteiger partial charge is 0.333 e. The zero-order chi connectivity index (χ0) is 19.0. The van der Waals surface area contributed by atoms with Crippen molar-refractivity contribution in [1.82, 2.24) is 28.9 Å². The highest BCUT2D eigenvalue weighted by atomic mass is 15.3. The zero-order valence-corrected chi connectivity index (χ0v) is 16.2. The van der Waals surface area contributed by atoms with E-state index in [0.717, 1.165) is 35.0 Å². The fraction of sp³-hybridized carbons (Fsp3) is 0.286. The molecule has 0 N–H and O–H groups in total. The van der Waals surface area contributed by atoms with Crippen LogP contribution in [0.15, 0.2) is 55.1 Å². The number of benzene rings is 1. The second kappa shape index (κ2) is 6.87. The molecule has 0 saturated carbocycles. The van der Waals surface area contributed by atoms with Crippen LogP contribution in [0.5, 0.6) is 0 Å². The lowest BCUT2D eigenvalue weighted by molar-refractivity contribution is 0.418. The number of hydrogen-bond acceptors (Lipinski definition) is 3. The standard InChI is InChI=1S/C21H24N6/c1-15-12-16(2)27(24-15)17(3)13-26-14-23-19(18-8-6-5-7-9-18)20(26)21-22-10-11-25(21)4/h5-12,14,17H,13H2,1-4H3. The highest BCUT2D eigenvalue weighted by molar-refractivity contribution is 5.75. The summed E-state index contributed by atoms with van der Waals surface area (Å²) in [5.41, 5.74) is 5.28. The van der Waals surface area contributed by atoms with Crippen molar-refractivity contribution in [1.29, 1.82) is 0 Å². The molecule has 3 aromatic heterocycles. The summed E-state index contributed by atoms with van der Waals surface area (Å²) < 4.78 is 6.31. The zero-order valence-electron chi connectivity index (χ0n) is 16.2. The van der Waals surface area contributed by atoms with E-state index in [1.54, 1.807) is 0 Å². The molecule has 1 atom stereocenters. The maximum Gasteiger partial charge on any atom is 0.158 e. The molecular weight excluding hydrogens is 336 g/mol. The van der Waals surface area contributed by atoms with Crippen molar-refractivity contribution in [3.8, 4) is 22.8 Å². The van der Waals surface area contributed by atoms with Crippen LogP contribution in [-0.4, -0.2) is 28.9 Å². The molecule has 0 spiro atoms. The minimum absolute atomic E-state index is 0.204. The maximum atomic E-state index is 4.74. The summed E-state index contributed by atoms with van der Waals surface area (Å²) >= 11 is 0. The fourth-order valence-electron chi connectivity index (χ4n) is 3.61. The first-order valence-corrected chi connectivity index (χ1v) is 9.15. The average Bonchev–Trinajstić information content (AvgIpc) is 3.34. The van der Waals surface area contributed by atoms with Gasteiger partial charge in [0.2, 0.25) is 0 Å². The van der Waals surface area contributed by atoms with Crippen LogP contribution in [0.2, 0.25) is 0 Å². The lowest BCUT2D eigenvalue weighted by Crippen LogP contribution is -2.16. The summed E-state index contributed by atoms with van der Waals surface area (Å²) in [6.45, 7) is 7.08. The quantitative estimate of drug-likeness (QED) is 0.540. The van der Waals surface area contributed by atoms with E-state index in [4.69, 9.17) is 4.98 Å². The predicted molar refractivity (Wildman–Crippen MR) is 106 cm³/mol. The van der Waals surface area contributed by atoms with Crippen LogP contribution in [0, 0.1) is 13.8 Å². The van der Waals surface area contributed by atoms with Crippen molar-refractivity contribution in [2.45, 2.75) is 33.4 Å². The van der Waals surface area contributed by atoms with E-state index in [-0.39, 0.29) is 6.04 Å². The Hall–Kier alpha value is -3.15. The highest BCUT2D eigenvalue weighted by Gasteiger charge is 2.20. The average molecular weight is 360 g/mol. The van der Waals surface area contributed by atoms with Crippen molar-refractivity contribution in [3.63, 3.8) is 0 Å². The second-order valence-electron chi connectivity index (χ2n) is 7.04. The van der Waals surface area contributed by atoms with Crippen LogP contribution < -0.4 is 0 Å². The number of hydrogen-bond donors (Lipinski definition) is 0. The molecule has 4 aromatic rings. The van der Waals surface area contributed by atoms with Crippen LogP contribution >= 0.6 is 0 Å². The number of aryl methyl sites for hydroxylation is 3. The van der Waals surface area contributed by atoms with Gasteiger partial charge in [-0.1, -0.05) is 30.3 Å². The number of rotatable bonds is 5. The van der Waals surface area contributed by atoms with Gasteiger partial charge in [-0.25, -0.2) is 9.97 Å². The van der Waals surface area contributed by atoms with Crippen LogP contribution in [0.4, 0.5) is 0 Å². The van der Waals surface area contributed by atoms with E-state index in [1.165, 1.54) is 5.69 Å². The molecule has 1 unspecified atom stereocenters. The minimum atomic E-state index is 0.204. The smallest absolute Gasteiger partial charge is 0.158 e. The lowest BCUT2D eigenvalue weighted by atomic mass is 10.1. The molecule has 0 saturated heterocycles. The summed E-state index contributed by atoms with van der Waals surface area (Å²) in [5, 5.41) is 4.64. The molecule has 0 aliphatic carbocycles. The van der Waals surface area contributed by atoms with E-state index in [2.05, 4.69) is 51.4 Å². The first-order chi connectivity index (χ1) is 13.0. The Morgan fingerprint density at radius 2 is 1.85 bits per heavy atom. The van der Waals surface area contributed by atoms with Gasteiger partial charge in [0.15, 0.2) is 5.82 Å². The second-order valence-corrected chi connectivity index (χ2v) is 7.04. The van der Waals surface area contributed by atoms with E-state index in [9.17, 15) is 0 Å². The third-order valence-electron chi connectivity index (χ3n) is 4.84. The van der Waals surface area contributed by atoms with Gasteiger partial charge in [-0.2, -0.15) is 5.10 Å². The molecule has 27 heavy (non-hydrogen) atoms. The van der Waals surface area contributed by atoms with Gasteiger partial charge in [-0.3, -0.25) is 4.68 Å². The molecule has 138 valence electrons. The predicted octanol–water partition coefficient (Wildman–Crippen LogP) is 4.03. The van der Waals surface area contributed by atoms with Crippen LogP contribution in [0.25, 0.3) is 22.8 Å².